The van der Waals surface area contributed by atoms with Gasteiger partial charge in [-0.15, -0.1) is 0 Å². The van der Waals surface area contributed by atoms with Crippen LogP contribution in [0.25, 0.3) is 0 Å². The number of hydrogen-bond donors (Lipinski definition) is 2. The van der Waals surface area contributed by atoms with Gasteiger partial charge in [0.2, 0.25) is 0 Å². The molecule has 1 heterocycles. The zero-order valence-corrected chi connectivity index (χ0v) is 12.0. The maximum atomic E-state index is 13.4. The van der Waals surface area contributed by atoms with E-state index in [2.05, 4.69) is 24.2 Å². The molecule has 0 bridgehead atoms. The Hall–Kier alpha value is -0.970. The molecular formula is C15H24FN3. The quantitative estimate of drug-likeness (QED) is 0.649. The van der Waals surface area contributed by atoms with E-state index in [-0.39, 0.29) is 17.4 Å². The number of hydrogen-bond acceptors (Lipinski definition) is 3. The SMILES string of the molecule is Cc1cc(C(NN)C(C)(C)N2CCCC2)ccc1F. The summed E-state index contributed by atoms with van der Waals surface area (Å²) < 4.78 is 13.4. The fraction of sp³-hybridized carbons (Fsp3) is 0.600. The number of nitrogens with zero attached hydrogens (tertiary/aromatic N) is 1. The third kappa shape index (κ3) is 2.81. The molecule has 3 N–H and O–H groups in total. The Balaban J connectivity index is 2.29. The fourth-order valence-corrected chi connectivity index (χ4v) is 3.03. The monoisotopic (exact) mass is 265 g/mol. The highest BCUT2D eigenvalue weighted by atomic mass is 19.1. The van der Waals surface area contributed by atoms with Crippen LogP contribution in [0.2, 0.25) is 0 Å². The summed E-state index contributed by atoms with van der Waals surface area (Å²) in [7, 11) is 0. The van der Waals surface area contributed by atoms with E-state index in [4.69, 9.17) is 5.84 Å². The third-order valence-corrected chi connectivity index (χ3v) is 4.31. The van der Waals surface area contributed by atoms with Crippen molar-refractivity contribution in [1.29, 1.82) is 0 Å². The van der Waals surface area contributed by atoms with E-state index in [1.54, 1.807) is 6.92 Å². The maximum Gasteiger partial charge on any atom is 0.126 e. The highest BCUT2D eigenvalue weighted by Crippen LogP contribution is 2.33. The van der Waals surface area contributed by atoms with Crippen LogP contribution in [0.5, 0.6) is 0 Å². The summed E-state index contributed by atoms with van der Waals surface area (Å²) in [4.78, 5) is 2.45. The van der Waals surface area contributed by atoms with Crippen molar-refractivity contribution in [2.45, 2.75) is 45.2 Å². The molecule has 4 heteroatoms. The minimum absolute atomic E-state index is 0.00935. The summed E-state index contributed by atoms with van der Waals surface area (Å²) in [6.45, 7) is 8.38. The van der Waals surface area contributed by atoms with Crippen LogP contribution in [-0.2, 0) is 0 Å². The van der Waals surface area contributed by atoms with Gasteiger partial charge in [-0.2, -0.15) is 0 Å². The van der Waals surface area contributed by atoms with Gasteiger partial charge in [-0.3, -0.25) is 16.2 Å². The van der Waals surface area contributed by atoms with Gasteiger partial charge in [0.25, 0.3) is 0 Å². The molecule has 1 saturated heterocycles. The first-order chi connectivity index (χ1) is 8.96. The minimum Gasteiger partial charge on any atom is -0.296 e. The molecule has 0 aliphatic carbocycles. The van der Waals surface area contributed by atoms with Crippen LogP contribution in [0, 0.1) is 12.7 Å². The molecule has 1 fully saturated rings. The Morgan fingerprint density at radius 1 is 1.32 bits per heavy atom. The molecule has 0 spiro atoms. The van der Waals surface area contributed by atoms with E-state index in [9.17, 15) is 4.39 Å². The zero-order valence-electron chi connectivity index (χ0n) is 12.0. The van der Waals surface area contributed by atoms with Gasteiger partial charge in [0, 0.05) is 5.54 Å². The smallest absolute Gasteiger partial charge is 0.126 e. The lowest BCUT2D eigenvalue weighted by molar-refractivity contribution is 0.107. The third-order valence-electron chi connectivity index (χ3n) is 4.31. The molecule has 19 heavy (non-hydrogen) atoms. The second-order valence-electron chi connectivity index (χ2n) is 5.96. The van der Waals surface area contributed by atoms with Gasteiger partial charge in [-0.25, -0.2) is 4.39 Å². The first-order valence-corrected chi connectivity index (χ1v) is 6.94. The number of nitrogens with one attached hydrogen (secondary N) is 1. The summed E-state index contributed by atoms with van der Waals surface area (Å²) in [6, 6.07) is 5.22. The van der Waals surface area contributed by atoms with E-state index in [0.717, 1.165) is 18.7 Å². The molecule has 0 aromatic heterocycles. The Labute approximate surface area is 114 Å². The second kappa shape index (κ2) is 5.57. The summed E-state index contributed by atoms with van der Waals surface area (Å²) in [5.41, 5.74) is 4.53. The lowest BCUT2D eigenvalue weighted by Crippen LogP contribution is -2.53. The van der Waals surface area contributed by atoms with Gasteiger partial charge >= 0.3 is 0 Å². The van der Waals surface area contributed by atoms with E-state index in [1.165, 1.54) is 18.9 Å². The standard InChI is InChI=1S/C15H24FN3/c1-11-10-12(6-7-13(11)16)14(18-17)15(2,3)19-8-4-5-9-19/h6-7,10,14,18H,4-5,8-9,17H2,1-3H3. The largest absolute Gasteiger partial charge is 0.296 e. The van der Waals surface area contributed by atoms with Crippen LogP contribution in [0.4, 0.5) is 4.39 Å². The molecular weight excluding hydrogens is 241 g/mol. The predicted octanol–water partition coefficient (Wildman–Crippen LogP) is 2.51. The molecule has 106 valence electrons. The molecule has 0 amide bonds. The van der Waals surface area contributed by atoms with Crippen molar-refractivity contribution in [2.75, 3.05) is 13.1 Å². The van der Waals surface area contributed by atoms with Crippen LogP contribution in [0.15, 0.2) is 18.2 Å². The molecule has 3 nitrogen and oxygen atoms in total. The Morgan fingerprint density at radius 3 is 2.47 bits per heavy atom. The molecule has 1 aliphatic heterocycles. The topological polar surface area (TPSA) is 41.3 Å². The number of halogens is 1. The predicted molar refractivity (Wildman–Crippen MR) is 76.1 cm³/mol. The molecule has 0 radical (unpaired) electrons. The molecule has 1 aromatic carbocycles. The average molecular weight is 265 g/mol. The van der Waals surface area contributed by atoms with Gasteiger partial charge < -0.3 is 0 Å². The Morgan fingerprint density at radius 2 is 1.95 bits per heavy atom. The fourth-order valence-electron chi connectivity index (χ4n) is 3.03. The summed E-state index contributed by atoms with van der Waals surface area (Å²) >= 11 is 0. The summed E-state index contributed by atoms with van der Waals surface area (Å²) in [6.07, 6.45) is 2.48. The van der Waals surface area contributed by atoms with Crippen molar-refractivity contribution in [1.82, 2.24) is 10.3 Å². The van der Waals surface area contributed by atoms with Crippen molar-refractivity contribution >= 4 is 0 Å². The molecule has 1 aromatic rings. The number of aryl methyl sites for hydroxylation is 1. The van der Waals surface area contributed by atoms with Crippen molar-refractivity contribution in [3.63, 3.8) is 0 Å². The van der Waals surface area contributed by atoms with Gasteiger partial charge in [-0.1, -0.05) is 12.1 Å². The van der Waals surface area contributed by atoms with Gasteiger partial charge in [0.05, 0.1) is 6.04 Å². The number of benzene rings is 1. The highest BCUT2D eigenvalue weighted by molar-refractivity contribution is 5.28. The van der Waals surface area contributed by atoms with E-state index >= 15 is 0 Å². The van der Waals surface area contributed by atoms with Crippen molar-refractivity contribution in [3.8, 4) is 0 Å². The van der Waals surface area contributed by atoms with Crippen molar-refractivity contribution in [3.05, 3.63) is 35.1 Å². The van der Waals surface area contributed by atoms with Gasteiger partial charge in [0.15, 0.2) is 0 Å². The number of nitrogens with two attached hydrogens (primary N) is 1. The van der Waals surface area contributed by atoms with Crippen LogP contribution in [0.1, 0.15) is 43.9 Å². The first-order valence-electron chi connectivity index (χ1n) is 6.94. The molecule has 2 rings (SSSR count). The summed E-state index contributed by atoms with van der Waals surface area (Å²) in [5.74, 6) is 5.61. The van der Waals surface area contributed by atoms with E-state index in [1.807, 2.05) is 12.1 Å². The zero-order chi connectivity index (χ0) is 14.0. The first kappa shape index (κ1) is 14.4. The normalized spacial score (nSPS) is 18.8. The minimum atomic E-state index is -0.168. The van der Waals surface area contributed by atoms with Crippen molar-refractivity contribution < 1.29 is 4.39 Å². The second-order valence-corrected chi connectivity index (χ2v) is 5.96. The van der Waals surface area contributed by atoms with Crippen LogP contribution >= 0.6 is 0 Å². The molecule has 1 aliphatic rings. The van der Waals surface area contributed by atoms with E-state index in [0.29, 0.717) is 5.56 Å². The summed E-state index contributed by atoms with van der Waals surface area (Å²) in [5, 5.41) is 0. The molecule has 1 atom stereocenters. The number of hydrazine groups is 1. The molecule has 1 unspecified atom stereocenters. The average Bonchev–Trinajstić information content (AvgIpc) is 2.88. The highest BCUT2D eigenvalue weighted by Gasteiger charge is 2.37. The van der Waals surface area contributed by atoms with E-state index < -0.39 is 0 Å². The van der Waals surface area contributed by atoms with Crippen molar-refractivity contribution in [2.24, 2.45) is 5.84 Å². The molecule has 0 saturated carbocycles. The Kier molecular flexibility index (Phi) is 4.23. The van der Waals surface area contributed by atoms with Gasteiger partial charge in [0.1, 0.15) is 5.82 Å². The van der Waals surface area contributed by atoms with Gasteiger partial charge in [-0.05, 0) is 63.9 Å². The number of likely N-dealkylation sites (tertiary alicyclic amines) is 1. The van der Waals surface area contributed by atoms with Crippen LogP contribution in [-0.4, -0.2) is 23.5 Å². The number of rotatable bonds is 4. The lowest BCUT2D eigenvalue weighted by atomic mass is 9.87. The lowest BCUT2D eigenvalue weighted by Gasteiger charge is -2.42. The maximum absolute atomic E-state index is 13.4. The Bertz CT molecular complexity index is 439. The van der Waals surface area contributed by atoms with Crippen LogP contribution < -0.4 is 11.3 Å². The van der Waals surface area contributed by atoms with Crippen LogP contribution in [0.3, 0.4) is 0 Å².